The van der Waals surface area contributed by atoms with Gasteiger partial charge in [-0.05, 0) is 31.5 Å². The van der Waals surface area contributed by atoms with E-state index in [0.717, 1.165) is 84.2 Å². The number of hydrogen-bond acceptors (Lipinski definition) is 6. The zero-order valence-corrected chi connectivity index (χ0v) is 31.0. The minimum atomic E-state index is 0.575. The molecular weight excluding hydrogens is 685 g/mol. The van der Waals surface area contributed by atoms with Gasteiger partial charge in [-0.25, -0.2) is 24.9 Å². The van der Waals surface area contributed by atoms with E-state index in [9.17, 15) is 0 Å². The molecule has 266 valence electrons. The van der Waals surface area contributed by atoms with Crippen molar-refractivity contribution in [3.63, 3.8) is 0 Å². The van der Waals surface area contributed by atoms with Gasteiger partial charge in [-0.2, -0.15) is 0 Å². The Morgan fingerprint density at radius 2 is 0.643 bits per heavy atom. The molecule has 6 heteroatoms. The third kappa shape index (κ3) is 6.99. The number of pyridine rings is 1. The second kappa shape index (κ2) is 15.1. The Bertz CT molecular complexity index is 2730. The normalized spacial score (nSPS) is 11.0. The predicted octanol–water partition coefficient (Wildman–Crippen LogP) is 12.0. The van der Waals surface area contributed by atoms with Crippen molar-refractivity contribution in [3.05, 3.63) is 193 Å². The summed E-state index contributed by atoms with van der Waals surface area (Å²) in [4.78, 5) is 30.6. The van der Waals surface area contributed by atoms with Crippen molar-refractivity contribution >= 4 is 0 Å². The van der Waals surface area contributed by atoms with Crippen LogP contribution in [0.3, 0.4) is 0 Å². The van der Waals surface area contributed by atoms with Crippen LogP contribution in [0.25, 0.3) is 90.3 Å². The summed E-state index contributed by atoms with van der Waals surface area (Å²) in [6, 6.07) is 61.6. The van der Waals surface area contributed by atoms with Crippen LogP contribution in [0.5, 0.6) is 0 Å². The molecule has 56 heavy (non-hydrogen) atoms. The van der Waals surface area contributed by atoms with Crippen molar-refractivity contribution in [1.82, 2.24) is 29.9 Å². The van der Waals surface area contributed by atoms with Crippen molar-refractivity contribution in [2.45, 2.75) is 13.8 Å². The van der Waals surface area contributed by atoms with Gasteiger partial charge in [0.2, 0.25) is 0 Å². The molecule has 0 aliphatic heterocycles. The molecule has 0 fully saturated rings. The average molecular weight is 721 g/mol. The molecule has 0 atom stereocenters. The summed E-state index contributed by atoms with van der Waals surface area (Å²) in [7, 11) is 0. The largest absolute Gasteiger partial charge is 0.258 e. The van der Waals surface area contributed by atoms with Gasteiger partial charge in [-0.15, -0.1) is 0 Å². The Balaban J connectivity index is 1.23. The van der Waals surface area contributed by atoms with Gasteiger partial charge in [0.05, 0.1) is 22.8 Å². The quantitative estimate of drug-likeness (QED) is 0.155. The molecule has 0 amide bonds. The van der Waals surface area contributed by atoms with Crippen LogP contribution in [-0.4, -0.2) is 29.9 Å². The van der Waals surface area contributed by atoms with Crippen molar-refractivity contribution in [2.24, 2.45) is 0 Å². The molecule has 0 bridgehead atoms. The first-order valence-electron chi connectivity index (χ1n) is 18.6. The summed E-state index contributed by atoms with van der Waals surface area (Å²) >= 11 is 0. The molecule has 0 radical (unpaired) electrons. The highest BCUT2D eigenvalue weighted by molar-refractivity contribution is 5.88. The topological polar surface area (TPSA) is 77.3 Å². The van der Waals surface area contributed by atoms with Gasteiger partial charge in [0.25, 0.3) is 0 Å². The number of aromatic nitrogens is 6. The number of aryl methyl sites for hydroxylation is 2. The van der Waals surface area contributed by atoms with Crippen molar-refractivity contribution in [2.75, 3.05) is 0 Å². The third-order valence-electron chi connectivity index (χ3n) is 9.78. The standard InChI is InChI=1S/C50H36N6/c1-33-26-31-43(34(2)51-33)35-27-29-38(30-28-35)46-44(36-16-7-3-8-17-36)52-45(37-18-9-4-10-19-37)47(53-46)41-24-15-25-42(32-41)50-55-48(39-20-11-5-12-21-39)54-49(56-50)40-22-13-6-14-23-40/h3-32H,1-2H3. The van der Waals surface area contributed by atoms with E-state index in [2.05, 4.69) is 79.7 Å². The van der Waals surface area contributed by atoms with Crippen molar-refractivity contribution in [1.29, 1.82) is 0 Å². The van der Waals surface area contributed by atoms with E-state index in [-0.39, 0.29) is 0 Å². The molecule has 0 N–H and O–H groups in total. The maximum absolute atomic E-state index is 5.53. The number of nitrogens with zero attached hydrogens (tertiary/aromatic N) is 6. The fourth-order valence-corrected chi connectivity index (χ4v) is 6.98. The fourth-order valence-electron chi connectivity index (χ4n) is 6.98. The minimum Gasteiger partial charge on any atom is -0.258 e. The molecule has 0 spiro atoms. The van der Waals surface area contributed by atoms with E-state index in [1.165, 1.54) is 0 Å². The third-order valence-corrected chi connectivity index (χ3v) is 9.78. The second-order valence-corrected chi connectivity index (χ2v) is 13.6. The molecule has 6 aromatic carbocycles. The second-order valence-electron chi connectivity index (χ2n) is 13.6. The van der Waals surface area contributed by atoms with E-state index in [4.69, 9.17) is 29.9 Å². The van der Waals surface area contributed by atoms with E-state index in [1.54, 1.807) is 0 Å². The molecule has 0 unspecified atom stereocenters. The first kappa shape index (κ1) is 34.3. The van der Waals surface area contributed by atoms with Crippen LogP contribution in [0, 0.1) is 13.8 Å². The van der Waals surface area contributed by atoms with Gasteiger partial charge in [0.15, 0.2) is 17.5 Å². The van der Waals surface area contributed by atoms with E-state index in [0.29, 0.717) is 17.5 Å². The molecule has 3 aromatic heterocycles. The van der Waals surface area contributed by atoms with Crippen LogP contribution in [0.4, 0.5) is 0 Å². The van der Waals surface area contributed by atoms with Crippen LogP contribution in [0.15, 0.2) is 182 Å². The van der Waals surface area contributed by atoms with Gasteiger partial charge < -0.3 is 0 Å². The number of benzene rings is 6. The van der Waals surface area contributed by atoms with E-state index >= 15 is 0 Å². The van der Waals surface area contributed by atoms with Crippen LogP contribution in [0.2, 0.25) is 0 Å². The molecule has 0 aliphatic carbocycles. The Kier molecular flexibility index (Phi) is 9.27. The summed E-state index contributed by atoms with van der Waals surface area (Å²) in [5.74, 6) is 1.80. The predicted molar refractivity (Wildman–Crippen MR) is 226 cm³/mol. The summed E-state index contributed by atoms with van der Waals surface area (Å²) in [6.45, 7) is 4.07. The van der Waals surface area contributed by atoms with Crippen molar-refractivity contribution < 1.29 is 0 Å². The van der Waals surface area contributed by atoms with Crippen molar-refractivity contribution in [3.8, 4) is 90.3 Å². The Morgan fingerprint density at radius 1 is 0.268 bits per heavy atom. The lowest BCUT2D eigenvalue weighted by molar-refractivity contribution is 1.07. The Morgan fingerprint density at radius 3 is 1.12 bits per heavy atom. The zero-order chi connectivity index (χ0) is 37.8. The lowest BCUT2D eigenvalue weighted by Gasteiger charge is -2.17. The summed E-state index contributed by atoms with van der Waals surface area (Å²) < 4.78 is 0. The smallest absolute Gasteiger partial charge is 0.164 e. The average Bonchev–Trinajstić information content (AvgIpc) is 3.27. The minimum absolute atomic E-state index is 0.575. The molecule has 9 rings (SSSR count). The van der Waals surface area contributed by atoms with Gasteiger partial charge >= 0.3 is 0 Å². The molecule has 9 aromatic rings. The van der Waals surface area contributed by atoms with Gasteiger partial charge in [0, 0.05) is 55.9 Å². The maximum Gasteiger partial charge on any atom is 0.164 e. The van der Waals surface area contributed by atoms with Crippen LogP contribution in [-0.2, 0) is 0 Å². The first-order valence-corrected chi connectivity index (χ1v) is 18.6. The van der Waals surface area contributed by atoms with Gasteiger partial charge in [-0.1, -0.05) is 170 Å². The highest BCUT2D eigenvalue weighted by atomic mass is 15.0. The highest BCUT2D eigenvalue weighted by Crippen LogP contribution is 2.39. The number of hydrogen-bond donors (Lipinski definition) is 0. The van der Waals surface area contributed by atoms with E-state index in [1.807, 2.05) is 116 Å². The first-order chi connectivity index (χ1) is 27.6. The molecule has 0 saturated heterocycles. The monoisotopic (exact) mass is 720 g/mol. The molecular formula is C50H36N6. The summed E-state index contributed by atoms with van der Waals surface area (Å²) in [6.07, 6.45) is 0. The summed E-state index contributed by atoms with van der Waals surface area (Å²) in [5, 5.41) is 0. The lowest BCUT2D eigenvalue weighted by Crippen LogP contribution is -2.02. The molecule has 0 saturated carbocycles. The van der Waals surface area contributed by atoms with Crippen LogP contribution < -0.4 is 0 Å². The summed E-state index contributed by atoms with van der Waals surface area (Å²) in [5.41, 5.74) is 13.9. The van der Waals surface area contributed by atoms with Crippen LogP contribution in [0.1, 0.15) is 11.4 Å². The van der Waals surface area contributed by atoms with Crippen LogP contribution >= 0.6 is 0 Å². The highest BCUT2D eigenvalue weighted by Gasteiger charge is 2.21. The SMILES string of the molecule is Cc1ccc(-c2ccc(-c3nc(-c4cccc(-c5nc(-c6ccccc6)nc(-c6ccccc6)n5)c4)c(-c4ccccc4)nc3-c3ccccc3)cc2)c(C)n1. The lowest BCUT2D eigenvalue weighted by atomic mass is 9.97. The fraction of sp³-hybridized carbons (Fsp3) is 0.0400. The molecule has 3 heterocycles. The maximum atomic E-state index is 5.53. The Labute approximate surface area is 326 Å². The Hall–Kier alpha value is -7.44. The van der Waals surface area contributed by atoms with Gasteiger partial charge in [-0.3, -0.25) is 4.98 Å². The van der Waals surface area contributed by atoms with Gasteiger partial charge in [0.1, 0.15) is 0 Å². The molecule has 0 aliphatic rings. The van der Waals surface area contributed by atoms with E-state index < -0.39 is 0 Å². The molecule has 6 nitrogen and oxygen atoms in total. The zero-order valence-electron chi connectivity index (χ0n) is 31.0. The number of rotatable bonds is 8.